The van der Waals surface area contributed by atoms with E-state index in [1.54, 1.807) is 0 Å². The first-order valence-electron chi connectivity index (χ1n) is 4.20. The van der Waals surface area contributed by atoms with Gasteiger partial charge in [-0.05, 0) is 0 Å². The van der Waals surface area contributed by atoms with Gasteiger partial charge in [-0.2, -0.15) is 4.98 Å². The molecule has 3 N–H and O–H groups in total. The van der Waals surface area contributed by atoms with Gasteiger partial charge in [-0.1, -0.05) is 6.58 Å². The Balaban J connectivity index is 2.68. The first kappa shape index (κ1) is 9.90. The van der Waals surface area contributed by atoms with E-state index in [2.05, 4.69) is 21.5 Å². The van der Waals surface area contributed by atoms with Gasteiger partial charge in [-0.15, -0.1) is 4.73 Å². The Kier molecular flexibility index (Phi) is 2.16. The van der Waals surface area contributed by atoms with Crippen molar-refractivity contribution >= 4 is 23.1 Å². The van der Waals surface area contributed by atoms with Crippen LogP contribution in [-0.4, -0.2) is 25.7 Å². The summed E-state index contributed by atoms with van der Waals surface area (Å²) in [6.07, 6.45) is 2.22. The average molecular weight is 221 g/mol. The number of fused-ring (bicyclic) bond motifs is 1. The third kappa shape index (κ3) is 1.41. The molecule has 16 heavy (non-hydrogen) atoms. The van der Waals surface area contributed by atoms with Gasteiger partial charge >= 0.3 is 11.5 Å². The van der Waals surface area contributed by atoms with Gasteiger partial charge in [-0.25, -0.2) is 9.78 Å². The zero-order valence-corrected chi connectivity index (χ0v) is 8.01. The fourth-order valence-electron chi connectivity index (χ4n) is 1.13. The molecule has 0 aliphatic heterocycles. The van der Waals surface area contributed by atoms with Crippen LogP contribution < -0.4 is 16.1 Å². The van der Waals surface area contributed by atoms with Crippen LogP contribution in [0.5, 0.6) is 0 Å². The Bertz CT molecular complexity index is 626. The van der Waals surface area contributed by atoms with Crippen LogP contribution >= 0.6 is 0 Å². The lowest BCUT2D eigenvalue weighted by molar-refractivity contribution is -0.137. The lowest BCUT2D eigenvalue weighted by atomic mass is 10.5. The number of nitrogen functional groups attached to an aromatic ring is 1. The first-order chi connectivity index (χ1) is 7.63. The maximum atomic E-state index is 11.3. The van der Waals surface area contributed by atoms with E-state index in [1.165, 1.54) is 6.33 Å². The van der Waals surface area contributed by atoms with Crippen LogP contribution in [0.4, 0.5) is 5.95 Å². The van der Waals surface area contributed by atoms with Crippen LogP contribution in [0.25, 0.3) is 11.2 Å². The number of H-pyrrole nitrogens is 1. The van der Waals surface area contributed by atoms with Crippen molar-refractivity contribution in [1.82, 2.24) is 19.7 Å². The van der Waals surface area contributed by atoms with Gasteiger partial charge < -0.3 is 15.6 Å². The number of hydrogen-bond acceptors (Lipinski definition) is 6. The van der Waals surface area contributed by atoms with Gasteiger partial charge in [0.05, 0.1) is 6.33 Å². The number of hydrogen-bond donors (Lipinski definition) is 2. The van der Waals surface area contributed by atoms with Crippen molar-refractivity contribution in [2.24, 2.45) is 0 Å². The minimum atomic E-state index is -0.735. The van der Waals surface area contributed by atoms with E-state index in [1.807, 2.05) is 0 Å². The van der Waals surface area contributed by atoms with Gasteiger partial charge in [-0.3, -0.25) is 4.79 Å². The van der Waals surface area contributed by atoms with Crippen LogP contribution in [0, 0.1) is 0 Å². The smallest absolute Gasteiger partial charge is 0.356 e. The van der Waals surface area contributed by atoms with Gasteiger partial charge in [0, 0.05) is 6.08 Å². The van der Waals surface area contributed by atoms with E-state index < -0.39 is 11.5 Å². The largest absolute Gasteiger partial charge is 0.367 e. The number of nitrogens with two attached hydrogens (primary N) is 1. The molecule has 0 saturated carbocycles. The van der Waals surface area contributed by atoms with E-state index in [-0.39, 0.29) is 17.1 Å². The Morgan fingerprint density at radius 1 is 1.69 bits per heavy atom. The summed E-state index contributed by atoms with van der Waals surface area (Å²) in [5, 5.41) is 0. The summed E-state index contributed by atoms with van der Waals surface area (Å²) < 4.78 is 0.858. The quantitative estimate of drug-likeness (QED) is 0.618. The number of aromatic amines is 1. The second kappa shape index (κ2) is 3.50. The molecule has 2 aromatic rings. The maximum absolute atomic E-state index is 11.3. The zero-order chi connectivity index (χ0) is 11.7. The Morgan fingerprint density at radius 3 is 3.12 bits per heavy atom. The third-order valence-electron chi connectivity index (χ3n) is 1.80. The molecule has 2 rings (SSSR count). The second-order valence-corrected chi connectivity index (χ2v) is 2.79. The zero-order valence-electron chi connectivity index (χ0n) is 8.01. The average Bonchev–Trinajstić information content (AvgIpc) is 2.73. The molecule has 8 heteroatoms. The summed E-state index contributed by atoms with van der Waals surface area (Å²) in [5.41, 5.74) is 5.06. The lowest BCUT2D eigenvalue weighted by Crippen LogP contribution is -2.25. The number of nitrogens with one attached hydrogen (secondary N) is 1. The predicted octanol–water partition coefficient (Wildman–Crippen LogP) is -1.16. The molecule has 82 valence electrons. The standard InChI is InChI=1S/C8H7N5O3/c1-2-4(14)16-13-6-5(10-3-11-6)7(15)12-8(13)9/h2-3H,1H2,(H,10,11)(H2,9,12,15). The molecule has 0 fully saturated rings. The maximum Gasteiger partial charge on any atom is 0.356 e. The van der Waals surface area contributed by atoms with Crippen molar-refractivity contribution in [2.45, 2.75) is 0 Å². The summed E-state index contributed by atoms with van der Waals surface area (Å²) in [6.45, 7) is 3.23. The van der Waals surface area contributed by atoms with Crippen molar-refractivity contribution < 1.29 is 9.63 Å². The normalized spacial score (nSPS) is 10.2. The molecule has 0 atom stereocenters. The van der Waals surface area contributed by atoms with E-state index >= 15 is 0 Å². The monoisotopic (exact) mass is 221 g/mol. The topological polar surface area (TPSA) is 116 Å². The molecule has 0 saturated heterocycles. The number of rotatable bonds is 2. The summed E-state index contributed by atoms with van der Waals surface area (Å²) in [5.74, 6) is -0.999. The highest BCUT2D eigenvalue weighted by atomic mass is 16.7. The van der Waals surface area contributed by atoms with Crippen molar-refractivity contribution in [1.29, 1.82) is 0 Å². The van der Waals surface area contributed by atoms with Crippen molar-refractivity contribution in [3.8, 4) is 0 Å². The minimum Gasteiger partial charge on any atom is -0.367 e. The SMILES string of the molecule is C=CC(=O)On1c(N)nc(=O)c2[nH]cnc21. The lowest BCUT2D eigenvalue weighted by Gasteiger charge is -2.07. The van der Waals surface area contributed by atoms with E-state index in [4.69, 9.17) is 10.6 Å². The number of imidazole rings is 1. The highest BCUT2D eigenvalue weighted by molar-refractivity contribution is 5.82. The number of nitrogens with zero attached hydrogens (tertiary/aromatic N) is 3. The van der Waals surface area contributed by atoms with Gasteiger partial charge in [0.15, 0.2) is 5.52 Å². The Hall–Kier alpha value is -2.64. The second-order valence-electron chi connectivity index (χ2n) is 2.79. The number of carbonyl (C=O) groups is 1. The van der Waals surface area contributed by atoms with Crippen LogP contribution in [-0.2, 0) is 4.79 Å². The molecule has 0 aliphatic rings. The Labute approximate surface area is 88.3 Å². The summed E-state index contributed by atoms with van der Waals surface area (Å²) >= 11 is 0. The number of aromatic nitrogens is 4. The van der Waals surface area contributed by atoms with E-state index in [0.29, 0.717) is 0 Å². The molecule has 0 amide bonds. The van der Waals surface area contributed by atoms with Crippen LogP contribution in [0.3, 0.4) is 0 Å². The molecule has 0 unspecified atom stereocenters. The van der Waals surface area contributed by atoms with Gasteiger partial charge in [0.2, 0.25) is 11.6 Å². The van der Waals surface area contributed by atoms with Gasteiger partial charge in [0.25, 0.3) is 0 Å². The van der Waals surface area contributed by atoms with Crippen LogP contribution in [0.1, 0.15) is 0 Å². The third-order valence-corrected chi connectivity index (χ3v) is 1.80. The summed E-state index contributed by atoms with van der Waals surface area (Å²) in [6, 6.07) is 0. The summed E-state index contributed by atoms with van der Waals surface area (Å²) in [7, 11) is 0. The minimum absolute atomic E-state index is 0.0905. The molecule has 0 bridgehead atoms. The molecule has 0 aliphatic carbocycles. The van der Waals surface area contributed by atoms with Crippen molar-refractivity contribution in [3.05, 3.63) is 29.3 Å². The van der Waals surface area contributed by atoms with Crippen LogP contribution in [0.15, 0.2) is 23.8 Å². The predicted molar refractivity (Wildman–Crippen MR) is 54.3 cm³/mol. The molecular weight excluding hydrogens is 214 g/mol. The van der Waals surface area contributed by atoms with E-state index in [9.17, 15) is 9.59 Å². The van der Waals surface area contributed by atoms with Crippen LogP contribution in [0.2, 0.25) is 0 Å². The van der Waals surface area contributed by atoms with Crippen molar-refractivity contribution in [3.63, 3.8) is 0 Å². The Morgan fingerprint density at radius 2 is 2.44 bits per heavy atom. The number of anilines is 1. The molecule has 0 spiro atoms. The highest BCUT2D eigenvalue weighted by Gasteiger charge is 2.13. The fourth-order valence-corrected chi connectivity index (χ4v) is 1.13. The highest BCUT2D eigenvalue weighted by Crippen LogP contribution is 2.05. The van der Waals surface area contributed by atoms with Crippen molar-refractivity contribution in [2.75, 3.05) is 5.73 Å². The molecule has 8 nitrogen and oxygen atoms in total. The number of carbonyl (C=O) groups excluding carboxylic acids is 1. The molecule has 2 heterocycles. The van der Waals surface area contributed by atoms with E-state index in [0.717, 1.165) is 10.8 Å². The summed E-state index contributed by atoms with van der Waals surface area (Å²) in [4.78, 5) is 37.0. The molecular formula is C8H7N5O3. The fraction of sp³-hybridized carbons (Fsp3) is 0. The molecule has 0 aromatic carbocycles. The molecule has 0 radical (unpaired) electrons. The molecule has 2 aromatic heterocycles. The first-order valence-corrected chi connectivity index (χ1v) is 4.20. The van der Waals surface area contributed by atoms with Gasteiger partial charge in [0.1, 0.15) is 0 Å².